The third-order valence-electron chi connectivity index (χ3n) is 8.37. The average Bonchev–Trinajstić information content (AvgIpc) is 3.04. The van der Waals surface area contributed by atoms with Crippen molar-refractivity contribution in [2.45, 2.75) is 70.8 Å². The molecule has 0 atom stereocenters. The highest BCUT2D eigenvalue weighted by Crippen LogP contribution is 2.28. The first-order valence-electron chi connectivity index (χ1n) is 16.3. The summed E-state index contributed by atoms with van der Waals surface area (Å²) in [5, 5.41) is 3.12. The van der Waals surface area contributed by atoms with E-state index in [2.05, 4.69) is 89.6 Å². The number of carbonyl (C=O) groups is 1. The molecule has 42 heavy (non-hydrogen) atoms. The number of nitrogens with zero attached hydrogens (tertiary/aromatic N) is 2. The number of hydrogen-bond donors (Lipinski definition) is 1. The van der Waals surface area contributed by atoms with Gasteiger partial charge in [0.15, 0.2) is 0 Å². The Balaban J connectivity index is 1.23. The van der Waals surface area contributed by atoms with Crippen molar-refractivity contribution >= 4 is 5.91 Å². The molecule has 0 saturated carbocycles. The van der Waals surface area contributed by atoms with Crippen LogP contribution in [0, 0.1) is 0 Å². The summed E-state index contributed by atoms with van der Waals surface area (Å²) in [6, 6.07) is 29.4. The molecule has 5 heteroatoms. The molecule has 1 amide bonds. The van der Waals surface area contributed by atoms with Gasteiger partial charge in [-0.15, -0.1) is 0 Å². The van der Waals surface area contributed by atoms with Crippen molar-refractivity contribution in [2.75, 3.05) is 45.8 Å². The number of amides is 1. The lowest BCUT2D eigenvalue weighted by molar-refractivity contribution is 0.0940. The Hall–Kier alpha value is -3.15. The van der Waals surface area contributed by atoms with Crippen molar-refractivity contribution < 1.29 is 9.53 Å². The Bertz CT molecular complexity index is 1110. The third kappa shape index (κ3) is 10.3. The molecule has 0 unspecified atom stereocenters. The van der Waals surface area contributed by atoms with Gasteiger partial charge in [-0.1, -0.05) is 93.4 Å². The number of rotatable bonds is 17. The van der Waals surface area contributed by atoms with Crippen LogP contribution in [0.15, 0.2) is 84.9 Å². The fourth-order valence-electron chi connectivity index (χ4n) is 5.85. The van der Waals surface area contributed by atoms with Gasteiger partial charge in [-0.05, 0) is 81.1 Å². The summed E-state index contributed by atoms with van der Waals surface area (Å²) in [4.78, 5) is 18.0. The summed E-state index contributed by atoms with van der Waals surface area (Å²) in [5.41, 5.74) is 3.40. The standard InChI is InChI=1S/C37H51N3O2/c1-3-5-24-39(25-6-4-2)26-14-23-38-37(41)33-19-13-20-35(29-33)42-34-21-27-40(28-22-34)30-36(31-15-9-7-10-16-31)32-17-11-8-12-18-32/h7-13,15-20,29,34,36H,3-6,14,21-28,30H2,1-2H3,(H,38,41). The van der Waals surface area contributed by atoms with E-state index in [0.29, 0.717) is 18.0 Å². The molecule has 0 radical (unpaired) electrons. The molecular formula is C37H51N3O2. The Kier molecular flexibility index (Phi) is 13.4. The Morgan fingerprint density at radius 3 is 2.02 bits per heavy atom. The van der Waals surface area contributed by atoms with Crippen LogP contribution in [0.5, 0.6) is 5.75 Å². The van der Waals surface area contributed by atoms with Crippen LogP contribution in [-0.2, 0) is 0 Å². The lowest BCUT2D eigenvalue weighted by Crippen LogP contribution is -2.40. The fourth-order valence-corrected chi connectivity index (χ4v) is 5.85. The number of benzene rings is 3. The van der Waals surface area contributed by atoms with Crippen LogP contribution < -0.4 is 10.1 Å². The number of hydrogen-bond acceptors (Lipinski definition) is 4. The van der Waals surface area contributed by atoms with Crippen LogP contribution in [0.25, 0.3) is 0 Å². The number of unbranched alkanes of at least 4 members (excludes halogenated alkanes) is 2. The number of likely N-dealkylation sites (tertiary alicyclic amines) is 1. The first-order chi connectivity index (χ1) is 20.7. The summed E-state index contributed by atoms with van der Waals surface area (Å²) < 4.78 is 6.39. The molecule has 3 aromatic rings. The molecule has 1 saturated heterocycles. The molecule has 1 fully saturated rings. The summed E-state index contributed by atoms with van der Waals surface area (Å²) in [7, 11) is 0. The van der Waals surface area contributed by atoms with E-state index in [0.717, 1.165) is 64.3 Å². The molecule has 1 heterocycles. The second-order valence-electron chi connectivity index (χ2n) is 11.7. The van der Waals surface area contributed by atoms with Crippen LogP contribution in [-0.4, -0.2) is 67.6 Å². The highest BCUT2D eigenvalue weighted by atomic mass is 16.5. The molecule has 3 aromatic carbocycles. The smallest absolute Gasteiger partial charge is 0.251 e. The van der Waals surface area contributed by atoms with Gasteiger partial charge in [0.25, 0.3) is 5.91 Å². The fraction of sp³-hybridized carbons (Fsp3) is 0.486. The minimum Gasteiger partial charge on any atom is -0.490 e. The van der Waals surface area contributed by atoms with Crippen molar-refractivity contribution in [2.24, 2.45) is 0 Å². The number of carbonyl (C=O) groups excluding carboxylic acids is 1. The molecule has 1 aliphatic rings. The Morgan fingerprint density at radius 2 is 1.43 bits per heavy atom. The van der Waals surface area contributed by atoms with E-state index in [1.165, 1.54) is 36.8 Å². The van der Waals surface area contributed by atoms with E-state index in [4.69, 9.17) is 4.74 Å². The SMILES string of the molecule is CCCCN(CCCC)CCCNC(=O)c1cccc(OC2CCN(CC(c3ccccc3)c3ccccc3)CC2)c1. The van der Waals surface area contributed by atoms with Crippen molar-refractivity contribution in [3.8, 4) is 5.75 Å². The van der Waals surface area contributed by atoms with Gasteiger partial charge in [-0.25, -0.2) is 0 Å². The summed E-state index contributed by atoms with van der Waals surface area (Å²) in [5.74, 6) is 1.13. The first kappa shape index (κ1) is 31.8. The molecular weight excluding hydrogens is 518 g/mol. The zero-order chi connectivity index (χ0) is 29.4. The minimum atomic E-state index is -0.0169. The molecule has 226 valence electrons. The maximum Gasteiger partial charge on any atom is 0.251 e. The van der Waals surface area contributed by atoms with Gasteiger partial charge in [0.05, 0.1) is 0 Å². The van der Waals surface area contributed by atoms with Crippen LogP contribution >= 0.6 is 0 Å². The van der Waals surface area contributed by atoms with Gasteiger partial charge < -0.3 is 19.9 Å². The summed E-state index contributed by atoms with van der Waals surface area (Å²) >= 11 is 0. The van der Waals surface area contributed by atoms with Gasteiger partial charge in [0.1, 0.15) is 11.9 Å². The van der Waals surface area contributed by atoms with E-state index in [9.17, 15) is 4.79 Å². The van der Waals surface area contributed by atoms with E-state index in [1.807, 2.05) is 24.3 Å². The molecule has 0 aromatic heterocycles. The number of ether oxygens (including phenoxy) is 1. The van der Waals surface area contributed by atoms with Gasteiger partial charge in [0, 0.05) is 37.7 Å². The quantitative estimate of drug-likeness (QED) is 0.172. The normalized spacial score (nSPS) is 14.4. The zero-order valence-corrected chi connectivity index (χ0v) is 25.8. The Morgan fingerprint density at radius 1 is 0.833 bits per heavy atom. The monoisotopic (exact) mass is 569 g/mol. The maximum atomic E-state index is 12.9. The van der Waals surface area contributed by atoms with Crippen molar-refractivity contribution in [3.63, 3.8) is 0 Å². The van der Waals surface area contributed by atoms with E-state index >= 15 is 0 Å². The van der Waals surface area contributed by atoms with Gasteiger partial charge in [-0.2, -0.15) is 0 Å². The van der Waals surface area contributed by atoms with Crippen LogP contribution in [0.3, 0.4) is 0 Å². The molecule has 1 aliphatic heterocycles. The predicted octanol–water partition coefficient (Wildman–Crippen LogP) is 7.38. The molecule has 0 bridgehead atoms. The number of nitrogens with one attached hydrogen (secondary N) is 1. The first-order valence-corrected chi connectivity index (χ1v) is 16.3. The molecule has 0 spiro atoms. The van der Waals surface area contributed by atoms with Crippen LogP contribution in [0.1, 0.15) is 86.2 Å². The topological polar surface area (TPSA) is 44.8 Å². The second-order valence-corrected chi connectivity index (χ2v) is 11.7. The highest BCUT2D eigenvalue weighted by molar-refractivity contribution is 5.94. The predicted molar refractivity (Wildman–Crippen MR) is 174 cm³/mol. The third-order valence-corrected chi connectivity index (χ3v) is 8.37. The van der Waals surface area contributed by atoms with E-state index < -0.39 is 0 Å². The number of piperidine rings is 1. The summed E-state index contributed by atoms with van der Waals surface area (Å²) in [6.45, 7) is 11.6. The van der Waals surface area contributed by atoms with E-state index in [-0.39, 0.29) is 12.0 Å². The van der Waals surface area contributed by atoms with Gasteiger partial charge in [0.2, 0.25) is 0 Å². The molecule has 5 nitrogen and oxygen atoms in total. The average molecular weight is 570 g/mol. The highest BCUT2D eigenvalue weighted by Gasteiger charge is 2.24. The van der Waals surface area contributed by atoms with Gasteiger partial charge in [-0.3, -0.25) is 4.79 Å². The van der Waals surface area contributed by atoms with E-state index in [1.54, 1.807) is 0 Å². The Labute approximate surface area is 254 Å². The second kappa shape index (κ2) is 17.7. The van der Waals surface area contributed by atoms with Crippen LogP contribution in [0.2, 0.25) is 0 Å². The molecule has 1 N–H and O–H groups in total. The summed E-state index contributed by atoms with van der Waals surface area (Å²) in [6.07, 6.45) is 8.04. The van der Waals surface area contributed by atoms with Crippen LogP contribution in [0.4, 0.5) is 0 Å². The molecule has 0 aliphatic carbocycles. The zero-order valence-electron chi connectivity index (χ0n) is 25.8. The van der Waals surface area contributed by atoms with Crippen molar-refractivity contribution in [1.29, 1.82) is 0 Å². The largest absolute Gasteiger partial charge is 0.490 e. The molecule has 4 rings (SSSR count). The van der Waals surface area contributed by atoms with Crippen molar-refractivity contribution in [1.82, 2.24) is 15.1 Å². The lowest BCUT2D eigenvalue weighted by atomic mass is 9.90. The van der Waals surface area contributed by atoms with Crippen molar-refractivity contribution in [3.05, 3.63) is 102 Å². The van der Waals surface area contributed by atoms with Gasteiger partial charge >= 0.3 is 0 Å². The lowest BCUT2D eigenvalue weighted by Gasteiger charge is -2.34. The minimum absolute atomic E-state index is 0.0169. The maximum absolute atomic E-state index is 12.9.